The first-order chi connectivity index (χ1) is 13.5. The number of anilines is 2. The van der Waals surface area contributed by atoms with Crippen LogP contribution in [0.5, 0.6) is 0 Å². The minimum Gasteiger partial charge on any atom is -0.322 e. The van der Waals surface area contributed by atoms with Crippen LogP contribution in [0.2, 0.25) is 0 Å². The Labute approximate surface area is 164 Å². The number of carbonyl (C=O) groups is 2. The summed E-state index contributed by atoms with van der Waals surface area (Å²) in [5.74, 6) is -0.300. The van der Waals surface area contributed by atoms with E-state index in [9.17, 15) is 9.59 Å². The van der Waals surface area contributed by atoms with Crippen LogP contribution in [0.15, 0.2) is 66.7 Å². The van der Waals surface area contributed by atoms with Crippen LogP contribution in [0.3, 0.4) is 0 Å². The molecule has 0 saturated carbocycles. The molecule has 0 aromatic heterocycles. The van der Waals surface area contributed by atoms with Gasteiger partial charge >= 0.3 is 0 Å². The maximum absolute atomic E-state index is 13.0. The molecule has 0 saturated heterocycles. The molecule has 0 aliphatic carbocycles. The van der Waals surface area contributed by atoms with Gasteiger partial charge < -0.3 is 10.2 Å². The van der Waals surface area contributed by atoms with Crippen LogP contribution in [-0.4, -0.2) is 18.4 Å². The molecule has 4 rings (SSSR count). The van der Waals surface area contributed by atoms with Gasteiger partial charge in [-0.1, -0.05) is 30.3 Å². The van der Waals surface area contributed by atoms with Crippen molar-refractivity contribution in [2.24, 2.45) is 0 Å². The molecule has 0 atom stereocenters. The van der Waals surface area contributed by atoms with E-state index in [0.717, 1.165) is 23.4 Å². The van der Waals surface area contributed by atoms with E-state index in [2.05, 4.69) is 11.4 Å². The first-order valence-electron chi connectivity index (χ1n) is 9.41. The summed E-state index contributed by atoms with van der Waals surface area (Å²) in [6.45, 7) is 4.71. The summed E-state index contributed by atoms with van der Waals surface area (Å²) >= 11 is 0. The summed E-state index contributed by atoms with van der Waals surface area (Å²) in [5, 5.41) is 2.91. The molecule has 0 unspecified atom stereocenters. The van der Waals surface area contributed by atoms with Crippen LogP contribution in [-0.2, 0) is 6.42 Å². The zero-order valence-electron chi connectivity index (χ0n) is 16.0. The lowest BCUT2D eigenvalue weighted by Gasteiger charge is -2.17. The summed E-state index contributed by atoms with van der Waals surface area (Å²) in [7, 11) is 0. The number of para-hydroxylation sites is 1. The molecule has 1 heterocycles. The maximum Gasteiger partial charge on any atom is 0.258 e. The Morgan fingerprint density at radius 2 is 1.64 bits per heavy atom. The first kappa shape index (κ1) is 18.0. The highest BCUT2D eigenvalue weighted by molar-refractivity contribution is 6.10. The predicted molar refractivity (Wildman–Crippen MR) is 112 cm³/mol. The fraction of sp³-hybridized carbons (Fsp3) is 0.167. The van der Waals surface area contributed by atoms with Gasteiger partial charge in [-0.05, 0) is 73.4 Å². The molecule has 0 radical (unpaired) electrons. The summed E-state index contributed by atoms with van der Waals surface area (Å²) in [6, 6.07) is 20.7. The molecule has 3 aromatic rings. The highest BCUT2D eigenvalue weighted by Crippen LogP contribution is 2.29. The van der Waals surface area contributed by atoms with Crippen molar-refractivity contribution in [1.82, 2.24) is 0 Å². The zero-order chi connectivity index (χ0) is 19.7. The number of aryl methyl sites for hydroxylation is 2. The van der Waals surface area contributed by atoms with Gasteiger partial charge in [-0.25, -0.2) is 0 Å². The Bertz CT molecular complexity index is 1070. The second kappa shape index (κ2) is 7.31. The molecule has 2 amide bonds. The number of nitrogens with one attached hydrogen (secondary N) is 1. The van der Waals surface area contributed by atoms with Crippen molar-refractivity contribution in [3.05, 3.63) is 94.5 Å². The Hall–Kier alpha value is -3.40. The summed E-state index contributed by atoms with van der Waals surface area (Å²) in [6.07, 6.45) is 0.856. The van der Waals surface area contributed by atoms with E-state index in [1.165, 1.54) is 11.1 Å². The number of hydrogen-bond donors (Lipinski definition) is 1. The van der Waals surface area contributed by atoms with Gasteiger partial charge in [0.15, 0.2) is 0 Å². The monoisotopic (exact) mass is 370 g/mol. The fourth-order valence-corrected chi connectivity index (χ4v) is 3.52. The van der Waals surface area contributed by atoms with Gasteiger partial charge in [0.2, 0.25) is 0 Å². The van der Waals surface area contributed by atoms with Crippen LogP contribution in [0, 0.1) is 13.8 Å². The standard InChI is InChI=1S/C24H22N2O2/c1-16-10-11-21(14-17(16)2)25-23(27)19-7-5-8-20(15-19)24(28)26-13-12-18-6-3-4-9-22(18)26/h3-11,14-15H,12-13H2,1-2H3,(H,25,27). The van der Waals surface area contributed by atoms with Gasteiger partial charge in [-0.2, -0.15) is 0 Å². The van der Waals surface area contributed by atoms with Crippen LogP contribution < -0.4 is 10.2 Å². The number of rotatable bonds is 3. The molecule has 1 aliphatic heterocycles. The molecule has 1 N–H and O–H groups in total. The third-order valence-electron chi connectivity index (χ3n) is 5.27. The Kier molecular flexibility index (Phi) is 4.70. The number of carbonyl (C=O) groups excluding carboxylic acids is 2. The van der Waals surface area contributed by atoms with Crippen LogP contribution >= 0.6 is 0 Å². The van der Waals surface area contributed by atoms with Crippen molar-refractivity contribution >= 4 is 23.2 Å². The minimum atomic E-state index is -0.222. The Morgan fingerprint density at radius 3 is 2.46 bits per heavy atom. The van der Waals surface area contributed by atoms with Crippen LogP contribution in [0.25, 0.3) is 0 Å². The maximum atomic E-state index is 13.0. The van der Waals surface area contributed by atoms with E-state index < -0.39 is 0 Å². The second-order valence-corrected chi connectivity index (χ2v) is 7.17. The quantitative estimate of drug-likeness (QED) is 0.723. The SMILES string of the molecule is Cc1ccc(NC(=O)c2cccc(C(=O)N3CCc4ccccc43)c2)cc1C. The molecule has 0 fully saturated rings. The van der Waals surface area contributed by atoms with E-state index in [0.29, 0.717) is 17.7 Å². The molecule has 4 nitrogen and oxygen atoms in total. The van der Waals surface area contributed by atoms with Crippen molar-refractivity contribution in [3.63, 3.8) is 0 Å². The van der Waals surface area contributed by atoms with E-state index in [4.69, 9.17) is 0 Å². The number of hydrogen-bond acceptors (Lipinski definition) is 2. The number of benzene rings is 3. The third-order valence-corrected chi connectivity index (χ3v) is 5.27. The van der Waals surface area contributed by atoms with E-state index in [-0.39, 0.29) is 11.8 Å². The van der Waals surface area contributed by atoms with Gasteiger partial charge in [-0.3, -0.25) is 9.59 Å². The predicted octanol–water partition coefficient (Wildman–Crippen LogP) is 4.76. The number of nitrogens with zero attached hydrogens (tertiary/aromatic N) is 1. The topological polar surface area (TPSA) is 49.4 Å². The molecule has 3 aromatic carbocycles. The third kappa shape index (κ3) is 3.41. The van der Waals surface area contributed by atoms with E-state index in [1.54, 1.807) is 29.2 Å². The van der Waals surface area contributed by atoms with Gasteiger partial charge in [0, 0.05) is 29.0 Å². The summed E-state index contributed by atoms with van der Waals surface area (Å²) in [5.41, 5.74) is 6.17. The molecule has 1 aliphatic rings. The van der Waals surface area contributed by atoms with Crippen molar-refractivity contribution in [2.45, 2.75) is 20.3 Å². The average molecular weight is 370 g/mol. The Morgan fingerprint density at radius 1 is 0.857 bits per heavy atom. The molecular formula is C24H22N2O2. The van der Waals surface area contributed by atoms with Crippen LogP contribution in [0.4, 0.5) is 11.4 Å². The van der Waals surface area contributed by atoms with Crippen molar-refractivity contribution in [1.29, 1.82) is 0 Å². The second-order valence-electron chi connectivity index (χ2n) is 7.17. The molecule has 4 heteroatoms. The van der Waals surface area contributed by atoms with Gasteiger partial charge in [0.25, 0.3) is 11.8 Å². The molecule has 0 spiro atoms. The normalized spacial score (nSPS) is 12.6. The highest BCUT2D eigenvalue weighted by Gasteiger charge is 2.25. The molecule has 0 bridgehead atoms. The lowest BCUT2D eigenvalue weighted by atomic mass is 10.1. The largest absolute Gasteiger partial charge is 0.322 e. The zero-order valence-corrected chi connectivity index (χ0v) is 16.0. The molecule has 140 valence electrons. The molecule has 28 heavy (non-hydrogen) atoms. The summed E-state index contributed by atoms with van der Waals surface area (Å²) in [4.78, 5) is 27.5. The van der Waals surface area contributed by atoms with Crippen LogP contribution in [0.1, 0.15) is 37.4 Å². The smallest absolute Gasteiger partial charge is 0.258 e. The first-order valence-corrected chi connectivity index (χ1v) is 9.41. The molecular weight excluding hydrogens is 348 g/mol. The number of fused-ring (bicyclic) bond motifs is 1. The van der Waals surface area contributed by atoms with Crippen molar-refractivity contribution in [3.8, 4) is 0 Å². The highest BCUT2D eigenvalue weighted by atomic mass is 16.2. The van der Waals surface area contributed by atoms with Gasteiger partial charge in [-0.15, -0.1) is 0 Å². The summed E-state index contributed by atoms with van der Waals surface area (Å²) < 4.78 is 0. The van der Waals surface area contributed by atoms with Gasteiger partial charge in [0.05, 0.1) is 0 Å². The lowest BCUT2D eigenvalue weighted by Crippen LogP contribution is -2.29. The average Bonchev–Trinajstić information content (AvgIpc) is 3.14. The van der Waals surface area contributed by atoms with E-state index in [1.807, 2.05) is 50.2 Å². The van der Waals surface area contributed by atoms with Crippen molar-refractivity contribution in [2.75, 3.05) is 16.8 Å². The minimum absolute atomic E-state index is 0.0780. The fourth-order valence-electron chi connectivity index (χ4n) is 3.52. The number of amides is 2. The van der Waals surface area contributed by atoms with Gasteiger partial charge in [0.1, 0.15) is 0 Å². The van der Waals surface area contributed by atoms with Crippen molar-refractivity contribution < 1.29 is 9.59 Å². The Balaban J connectivity index is 1.55. The van der Waals surface area contributed by atoms with E-state index >= 15 is 0 Å². The lowest BCUT2D eigenvalue weighted by molar-refractivity contribution is 0.0989.